The maximum Gasteiger partial charge on any atom is 0.252 e. The first kappa shape index (κ1) is 13.8. The SMILES string of the molecule is O=C(NCCOCC1CC1)c1ccc(Cl)cc1Br. The van der Waals surface area contributed by atoms with Crippen molar-refractivity contribution in [3.63, 3.8) is 0 Å². The molecule has 2 rings (SSSR count). The highest BCUT2D eigenvalue weighted by molar-refractivity contribution is 9.10. The lowest BCUT2D eigenvalue weighted by atomic mass is 10.2. The van der Waals surface area contributed by atoms with Gasteiger partial charge in [0.2, 0.25) is 0 Å². The zero-order valence-corrected chi connectivity index (χ0v) is 12.3. The number of benzene rings is 1. The molecule has 1 aliphatic rings. The van der Waals surface area contributed by atoms with E-state index >= 15 is 0 Å². The largest absolute Gasteiger partial charge is 0.379 e. The van der Waals surface area contributed by atoms with Gasteiger partial charge in [0.25, 0.3) is 5.91 Å². The van der Waals surface area contributed by atoms with Gasteiger partial charge in [0, 0.05) is 22.6 Å². The Morgan fingerprint density at radius 1 is 1.50 bits per heavy atom. The molecule has 0 bridgehead atoms. The number of carbonyl (C=O) groups excluding carboxylic acids is 1. The fraction of sp³-hybridized carbons (Fsp3) is 0.462. The summed E-state index contributed by atoms with van der Waals surface area (Å²) in [5.74, 6) is 0.639. The Kier molecular flexibility index (Phi) is 5.03. The predicted molar refractivity (Wildman–Crippen MR) is 75.0 cm³/mol. The molecular weight excluding hydrogens is 318 g/mol. The molecule has 0 unspecified atom stereocenters. The normalized spacial score (nSPS) is 14.6. The van der Waals surface area contributed by atoms with E-state index in [9.17, 15) is 4.79 Å². The van der Waals surface area contributed by atoms with E-state index in [1.807, 2.05) is 0 Å². The van der Waals surface area contributed by atoms with E-state index in [1.165, 1.54) is 12.8 Å². The van der Waals surface area contributed by atoms with Crippen molar-refractivity contribution in [2.45, 2.75) is 12.8 Å². The van der Waals surface area contributed by atoms with Gasteiger partial charge >= 0.3 is 0 Å². The zero-order chi connectivity index (χ0) is 13.0. The summed E-state index contributed by atoms with van der Waals surface area (Å²) in [4.78, 5) is 11.8. The molecule has 0 radical (unpaired) electrons. The van der Waals surface area contributed by atoms with E-state index in [-0.39, 0.29) is 5.91 Å². The Balaban J connectivity index is 1.72. The monoisotopic (exact) mass is 331 g/mol. The van der Waals surface area contributed by atoms with Crippen molar-refractivity contribution in [2.75, 3.05) is 19.8 Å². The molecule has 1 N–H and O–H groups in total. The quantitative estimate of drug-likeness (QED) is 0.812. The molecule has 18 heavy (non-hydrogen) atoms. The van der Waals surface area contributed by atoms with Crippen molar-refractivity contribution in [1.29, 1.82) is 0 Å². The predicted octanol–water partition coefficient (Wildman–Crippen LogP) is 3.26. The molecule has 98 valence electrons. The summed E-state index contributed by atoms with van der Waals surface area (Å²) < 4.78 is 6.15. The van der Waals surface area contributed by atoms with Crippen LogP contribution in [0.3, 0.4) is 0 Å². The minimum atomic E-state index is -0.117. The first-order valence-electron chi connectivity index (χ1n) is 5.98. The van der Waals surface area contributed by atoms with Crippen LogP contribution >= 0.6 is 27.5 Å². The van der Waals surface area contributed by atoms with Crippen molar-refractivity contribution in [2.24, 2.45) is 5.92 Å². The average molecular weight is 333 g/mol. The maximum atomic E-state index is 11.8. The minimum Gasteiger partial charge on any atom is -0.379 e. The van der Waals surface area contributed by atoms with Gasteiger partial charge in [-0.2, -0.15) is 0 Å². The summed E-state index contributed by atoms with van der Waals surface area (Å²) >= 11 is 9.14. The van der Waals surface area contributed by atoms with E-state index < -0.39 is 0 Å². The average Bonchev–Trinajstić information content (AvgIpc) is 3.12. The molecule has 0 atom stereocenters. The zero-order valence-electron chi connectivity index (χ0n) is 9.92. The van der Waals surface area contributed by atoms with Crippen LogP contribution in [0, 0.1) is 5.92 Å². The third-order valence-electron chi connectivity index (χ3n) is 2.76. The lowest BCUT2D eigenvalue weighted by Gasteiger charge is -2.07. The van der Waals surface area contributed by atoms with Crippen LogP contribution in [0.15, 0.2) is 22.7 Å². The van der Waals surface area contributed by atoms with E-state index in [1.54, 1.807) is 18.2 Å². The number of nitrogens with one attached hydrogen (secondary N) is 1. The van der Waals surface area contributed by atoms with Gasteiger partial charge in [-0.05, 0) is 52.9 Å². The lowest BCUT2D eigenvalue weighted by molar-refractivity contribution is 0.0906. The molecule has 0 heterocycles. The summed E-state index contributed by atoms with van der Waals surface area (Å²) in [6.45, 7) is 1.91. The van der Waals surface area contributed by atoms with E-state index in [0.717, 1.165) is 12.5 Å². The number of hydrogen-bond donors (Lipinski definition) is 1. The molecule has 1 fully saturated rings. The molecular formula is C13H15BrClNO2. The van der Waals surface area contributed by atoms with Gasteiger partial charge in [-0.3, -0.25) is 4.79 Å². The number of hydrogen-bond acceptors (Lipinski definition) is 2. The third kappa shape index (κ3) is 4.26. The smallest absolute Gasteiger partial charge is 0.252 e. The lowest BCUT2D eigenvalue weighted by Crippen LogP contribution is -2.27. The highest BCUT2D eigenvalue weighted by Crippen LogP contribution is 2.28. The molecule has 1 aromatic carbocycles. The standard InChI is InChI=1S/C13H15BrClNO2/c14-12-7-10(15)3-4-11(12)13(17)16-5-6-18-8-9-1-2-9/h3-4,7,9H,1-2,5-6,8H2,(H,16,17). The van der Waals surface area contributed by atoms with Crippen LogP contribution in [0.25, 0.3) is 0 Å². The minimum absolute atomic E-state index is 0.117. The van der Waals surface area contributed by atoms with Crippen molar-refractivity contribution < 1.29 is 9.53 Å². The summed E-state index contributed by atoms with van der Waals surface area (Å²) in [5, 5.41) is 3.42. The van der Waals surface area contributed by atoms with Gasteiger partial charge in [0.05, 0.1) is 12.2 Å². The van der Waals surface area contributed by atoms with Crippen LogP contribution in [-0.2, 0) is 4.74 Å². The molecule has 1 aliphatic carbocycles. The fourth-order valence-electron chi connectivity index (χ4n) is 1.54. The van der Waals surface area contributed by atoms with E-state index in [0.29, 0.717) is 28.2 Å². The Labute approximate surface area is 120 Å². The Morgan fingerprint density at radius 2 is 2.28 bits per heavy atom. The fourth-order valence-corrected chi connectivity index (χ4v) is 2.40. The third-order valence-corrected chi connectivity index (χ3v) is 3.65. The second-order valence-electron chi connectivity index (χ2n) is 4.40. The first-order valence-corrected chi connectivity index (χ1v) is 7.15. The number of ether oxygens (including phenoxy) is 1. The van der Waals surface area contributed by atoms with Gasteiger partial charge in [-0.1, -0.05) is 11.6 Å². The van der Waals surface area contributed by atoms with Crippen molar-refractivity contribution in [3.05, 3.63) is 33.3 Å². The number of amides is 1. The Bertz CT molecular complexity index is 435. The molecule has 1 aromatic rings. The van der Waals surface area contributed by atoms with Crippen LogP contribution in [0.5, 0.6) is 0 Å². The topological polar surface area (TPSA) is 38.3 Å². The number of rotatable bonds is 6. The number of carbonyl (C=O) groups is 1. The van der Waals surface area contributed by atoms with Gasteiger partial charge in [-0.25, -0.2) is 0 Å². The summed E-state index contributed by atoms with van der Waals surface area (Å²) in [7, 11) is 0. The van der Waals surface area contributed by atoms with Gasteiger partial charge in [0.15, 0.2) is 0 Å². The van der Waals surface area contributed by atoms with Crippen LogP contribution < -0.4 is 5.32 Å². The summed E-state index contributed by atoms with van der Waals surface area (Å²) in [5.41, 5.74) is 0.585. The van der Waals surface area contributed by atoms with Crippen LogP contribution in [0.4, 0.5) is 0 Å². The number of halogens is 2. The Morgan fingerprint density at radius 3 is 2.94 bits per heavy atom. The van der Waals surface area contributed by atoms with Crippen LogP contribution in [0.2, 0.25) is 5.02 Å². The van der Waals surface area contributed by atoms with E-state index in [2.05, 4.69) is 21.2 Å². The Hall–Kier alpha value is -0.580. The first-order chi connectivity index (χ1) is 8.66. The van der Waals surface area contributed by atoms with Gasteiger partial charge < -0.3 is 10.1 Å². The molecule has 3 nitrogen and oxygen atoms in total. The van der Waals surface area contributed by atoms with Crippen LogP contribution in [0.1, 0.15) is 23.2 Å². The molecule has 1 amide bonds. The molecule has 0 saturated heterocycles. The summed E-state index contributed by atoms with van der Waals surface area (Å²) in [6.07, 6.45) is 2.56. The molecule has 0 spiro atoms. The maximum absolute atomic E-state index is 11.8. The van der Waals surface area contributed by atoms with Gasteiger partial charge in [-0.15, -0.1) is 0 Å². The second-order valence-corrected chi connectivity index (χ2v) is 5.69. The highest BCUT2D eigenvalue weighted by Gasteiger charge is 2.20. The molecule has 0 aromatic heterocycles. The highest BCUT2D eigenvalue weighted by atomic mass is 79.9. The summed E-state index contributed by atoms with van der Waals surface area (Å²) in [6, 6.07) is 5.11. The van der Waals surface area contributed by atoms with Crippen LogP contribution in [-0.4, -0.2) is 25.7 Å². The molecule has 1 saturated carbocycles. The van der Waals surface area contributed by atoms with Crippen molar-refractivity contribution in [3.8, 4) is 0 Å². The van der Waals surface area contributed by atoms with Gasteiger partial charge in [0.1, 0.15) is 0 Å². The molecule has 0 aliphatic heterocycles. The second kappa shape index (κ2) is 6.55. The van der Waals surface area contributed by atoms with Crippen molar-refractivity contribution >= 4 is 33.4 Å². The van der Waals surface area contributed by atoms with Crippen molar-refractivity contribution in [1.82, 2.24) is 5.32 Å². The molecule has 5 heteroatoms. The van der Waals surface area contributed by atoms with E-state index in [4.69, 9.17) is 16.3 Å².